The van der Waals surface area contributed by atoms with Crippen LogP contribution in [0.3, 0.4) is 0 Å². The molecule has 1 fully saturated rings. The Morgan fingerprint density at radius 1 is 1.47 bits per heavy atom. The maximum atomic E-state index is 5.33. The molecule has 90 valence electrons. The van der Waals surface area contributed by atoms with E-state index in [2.05, 4.69) is 31.0 Å². The molecule has 3 nitrogen and oxygen atoms in total. The molecule has 0 saturated carbocycles. The summed E-state index contributed by atoms with van der Waals surface area (Å²) in [5.41, 5.74) is 0.346. The molecule has 0 aliphatic carbocycles. The Kier molecular flexibility index (Phi) is 5.03. The number of nitrogens with one attached hydrogen (secondary N) is 1. The number of hydrogen-bond acceptors (Lipinski definition) is 3. The summed E-state index contributed by atoms with van der Waals surface area (Å²) in [5, 5.41) is 3.43. The van der Waals surface area contributed by atoms with Crippen molar-refractivity contribution in [2.75, 3.05) is 33.4 Å². The zero-order chi connectivity index (χ0) is 11.3. The van der Waals surface area contributed by atoms with Crippen LogP contribution in [0.1, 0.15) is 33.6 Å². The molecule has 1 saturated heterocycles. The third-order valence-corrected chi connectivity index (χ3v) is 3.39. The zero-order valence-corrected chi connectivity index (χ0v) is 10.7. The monoisotopic (exact) mass is 214 g/mol. The Morgan fingerprint density at radius 2 is 2.20 bits per heavy atom. The van der Waals surface area contributed by atoms with Crippen LogP contribution >= 0.6 is 0 Å². The van der Waals surface area contributed by atoms with E-state index in [1.807, 2.05) is 0 Å². The van der Waals surface area contributed by atoms with Crippen LogP contribution in [0.5, 0.6) is 0 Å². The maximum Gasteiger partial charge on any atom is 0.0630 e. The van der Waals surface area contributed by atoms with Gasteiger partial charge in [-0.3, -0.25) is 4.90 Å². The van der Waals surface area contributed by atoms with Crippen molar-refractivity contribution >= 4 is 0 Å². The van der Waals surface area contributed by atoms with Crippen LogP contribution < -0.4 is 5.32 Å². The van der Waals surface area contributed by atoms with Crippen LogP contribution in [0.4, 0.5) is 0 Å². The molecule has 1 unspecified atom stereocenters. The van der Waals surface area contributed by atoms with Crippen molar-refractivity contribution < 1.29 is 4.74 Å². The number of nitrogens with zero attached hydrogens (tertiary/aromatic N) is 1. The van der Waals surface area contributed by atoms with Crippen molar-refractivity contribution in [2.24, 2.45) is 0 Å². The van der Waals surface area contributed by atoms with Crippen LogP contribution in [-0.4, -0.2) is 49.8 Å². The van der Waals surface area contributed by atoms with Crippen molar-refractivity contribution in [1.82, 2.24) is 10.2 Å². The number of ether oxygens (including phenoxy) is 1. The van der Waals surface area contributed by atoms with E-state index >= 15 is 0 Å². The predicted molar refractivity (Wildman–Crippen MR) is 64.2 cm³/mol. The largest absolute Gasteiger partial charge is 0.383 e. The van der Waals surface area contributed by atoms with E-state index in [0.29, 0.717) is 11.6 Å². The second kappa shape index (κ2) is 5.83. The lowest BCUT2D eigenvalue weighted by Gasteiger charge is -2.38. The Hall–Kier alpha value is -0.120. The number of hydrogen-bond donors (Lipinski definition) is 1. The molecule has 0 aromatic heterocycles. The van der Waals surface area contributed by atoms with Crippen molar-refractivity contribution in [3.63, 3.8) is 0 Å². The summed E-state index contributed by atoms with van der Waals surface area (Å²) in [5.74, 6) is 0. The fourth-order valence-electron chi connectivity index (χ4n) is 2.57. The maximum absolute atomic E-state index is 5.33. The Bertz CT molecular complexity index is 182. The molecular weight excluding hydrogens is 188 g/mol. The normalized spacial score (nSPS) is 23.2. The van der Waals surface area contributed by atoms with Gasteiger partial charge in [0.1, 0.15) is 0 Å². The van der Waals surface area contributed by atoms with Crippen LogP contribution in [-0.2, 0) is 4.74 Å². The van der Waals surface area contributed by atoms with Gasteiger partial charge in [-0.25, -0.2) is 0 Å². The van der Waals surface area contributed by atoms with Gasteiger partial charge in [0.25, 0.3) is 0 Å². The van der Waals surface area contributed by atoms with Gasteiger partial charge >= 0.3 is 0 Å². The second-order valence-corrected chi connectivity index (χ2v) is 5.03. The molecule has 0 aromatic rings. The molecule has 0 spiro atoms. The molecule has 3 heteroatoms. The van der Waals surface area contributed by atoms with Gasteiger partial charge in [-0.15, -0.1) is 0 Å². The van der Waals surface area contributed by atoms with E-state index in [-0.39, 0.29) is 0 Å². The van der Waals surface area contributed by atoms with Gasteiger partial charge in [-0.1, -0.05) is 6.92 Å². The molecule has 1 N–H and O–H groups in total. The minimum Gasteiger partial charge on any atom is -0.383 e. The Morgan fingerprint density at radius 3 is 2.67 bits per heavy atom. The summed E-state index contributed by atoms with van der Waals surface area (Å²) in [6.45, 7) is 11.0. The summed E-state index contributed by atoms with van der Waals surface area (Å²) in [6, 6.07) is 0.521. The van der Waals surface area contributed by atoms with E-state index in [4.69, 9.17) is 4.74 Å². The SMILES string of the molecule is CCNCC(COC)N1CCCC1(C)C. The quantitative estimate of drug-likeness (QED) is 0.725. The van der Waals surface area contributed by atoms with E-state index in [0.717, 1.165) is 19.7 Å². The van der Waals surface area contributed by atoms with Crippen LogP contribution in [0.2, 0.25) is 0 Å². The lowest BCUT2D eigenvalue weighted by atomic mass is 10.0. The Balaban J connectivity index is 2.53. The molecular formula is C12H26N2O. The first kappa shape index (κ1) is 12.9. The van der Waals surface area contributed by atoms with Gasteiger partial charge in [0.2, 0.25) is 0 Å². The molecule has 1 atom stereocenters. The molecule has 1 rings (SSSR count). The van der Waals surface area contributed by atoms with E-state index < -0.39 is 0 Å². The highest BCUT2D eigenvalue weighted by Gasteiger charge is 2.36. The molecule has 1 aliphatic heterocycles. The minimum absolute atomic E-state index is 0.346. The molecule has 0 aromatic carbocycles. The lowest BCUT2D eigenvalue weighted by Crippen LogP contribution is -2.51. The third kappa shape index (κ3) is 3.44. The number of rotatable bonds is 6. The average Bonchev–Trinajstić information content (AvgIpc) is 2.53. The third-order valence-electron chi connectivity index (χ3n) is 3.39. The lowest BCUT2D eigenvalue weighted by molar-refractivity contribution is 0.0510. The van der Waals surface area contributed by atoms with Crippen LogP contribution in [0, 0.1) is 0 Å². The molecule has 15 heavy (non-hydrogen) atoms. The highest BCUT2D eigenvalue weighted by molar-refractivity contribution is 4.92. The van der Waals surface area contributed by atoms with E-state index in [1.54, 1.807) is 7.11 Å². The molecule has 0 amide bonds. The molecule has 1 heterocycles. The number of likely N-dealkylation sites (N-methyl/N-ethyl adjacent to an activating group) is 1. The minimum atomic E-state index is 0.346. The van der Waals surface area contributed by atoms with Crippen molar-refractivity contribution in [2.45, 2.75) is 45.2 Å². The highest BCUT2D eigenvalue weighted by atomic mass is 16.5. The first-order valence-electron chi connectivity index (χ1n) is 6.08. The van der Waals surface area contributed by atoms with Gasteiger partial charge in [-0.2, -0.15) is 0 Å². The van der Waals surface area contributed by atoms with Crippen LogP contribution in [0.25, 0.3) is 0 Å². The summed E-state index contributed by atoms with van der Waals surface area (Å²) >= 11 is 0. The van der Waals surface area contributed by atoms with Gasteiger partial charge in [0.05, 0.1) is 6.61 Å². The Labute approximate surface area is 94.2 Å². The first-order valence-corrected chi connectivity index (χ1v) is 6.08. The van der Waals surface area contributed by atoms with Crippen LogP contribution in [0.15, 0.2) is 0 Å². The molecule has 0 bridgehead atoms. The van der Waals surface area contributed by atoms with Crippen molar-refractivity contribution in [1.29, 1.82) is 0 Å². The van der Waals surface area contributed by atoms with E-state index in [9.17, 15) is 0 Å². The standard InChI is InChI=1S/C12H26N2O/c1-5-13-9-11(10-15-4)14-8-6-7-12(14,2)3/h11,13H,5-10H2,1-4H3. The second-order valence-electron chi connectivity index (χ2n) is 5.03. The topological polar surface area (TPSA) is 24.5 Å². The molecule has 0 radical (unpaired) electrons. The fourth-order valence-corrected chi connectivity index (χ4v) is 2.57. The van der Waals surface area contributed by atoms with Gasteiger partial charge < -0.3 is 10.1 Å². The summed E-state index contributed by atoms with van der Waals surface area (Å²) in [4.78, 5) is 2.60. The van der Waals surface area contributed by atoms with Crippen molar-refractivity contribution in [3.8, 4) is 0 Å². The molecule has 1 aliphatic rings. The van der Waals surface area contributed by atoms with Gasteiger partial charge in [0, 0.05) is 25.2 Å². The predicted octanol–water partition coefficient (Wildman–Crippen LogP) is 1.49. The van der Waals surface area contributed by atoms with Gasteiger partial charge in [0.15, 0.2) is 0 Å². The van der Waals surface area contributed by atoms with Crippen molar-refractivity contribution in [3.05, 3.63) is 0 Å². The first-order chi connectivity index (χ1) is 7.11. The average molecular weight is 214 g/mol. The summed E-state index contributed by atoms with van der Waals surface area (Å²) in [7, 11) is 1.79. The smallest absolute Gasteiger partial charge is 0.0630 e. The zero-order valence-electron chi connectivity index (χ0n) is 10.7. The van der Waals surface area contributed by atoms with Gasteiger partial charge in [-0.05, 0) is 39.8 Å². The number of methoxy groups -OCH3 is 1. The van der Waals surface area contributed by atoms with E-state index in [1.165, 1.54) is 19.4 Å². The fraction of sp³-hybridized carbons (Fsp3) is 1.00. The number of likely N-dealkylation sites (tertiary alicyclic amines) is 1. The highest BCUT2D eigenvalue weighted by Crippen LogP contribution is 2.30. The summed E-state index contributed by atoms with van der Waals surface area (Å²) in [6.07, 6.45) is 2.62. The summed E-state index contributed by atoms with van der Waals surface area (Å²) < 4.78 is 5.33.